The summed E-state index contributed by atoms with van der Waals surface area (Å²) in [6, 6.07) is 0. The molecular formula is C10H22O2. The molecule has 2 nitrogen and oxygen atoms in total. The molecule has 0 amide bonds. The van der Waals surface area contributed by atoms with Crippen LogP contribution in [0.3, 0.4) is 0 Å². The van der Waals surface area contributed by atoms with Crippen LogP contribution in [0.15, 0.2) is 0 Å². The first-order chi connectivity index (χ1) is 5.40. The van der Waals surface area contributed by atoms with Crippen LogP contribution in [0.2, 0.25) is 0 Å². The van der Waals surface area contributed by atoms with Gasteiger partial charge in [-0.1, -0.05) is 27.7 Å². The lowest BCUT2D eigenvalue weighted by atomic mass is 9.84. The highest BCUT2D eigenvalue weighted by molar-refractivity contribution is 4.76. The predicted molar refractivity (Wildman–Crippen MR) is 50.9 cm³/mol. The Morgan fingerprint density at radius 2 is 1.67 bits per heavy atom. The van der Waals surface area contributed by atoms with Crippen molar-refractivity contribution in [3.63, 3.8) is 0 Å². The monoisotopic (exact) mass is 174 g/mol. The molecule has 0 spiro atoms. The molecular weight excluding hydrogens is 152 g/mol. The Hall–Kier alpha value is -0.0800. The van der Waals surface area contributed by atoms with E-state index in [4.69, 9.17) is 5.11 Å². The molecule has 2 heteroatoms. The lowest BCUT2D eigenvalue weighted by Gasteiger charge is -2.28. The highest BCUT2D eigenvalue weighted by Gasteiger charge is 2.26. The van der Waals surface area contributed by atoms with E-state index in [-0.39, 0.29) is 18.1 Å². The average Bonchev–Trinajstić information content (AvgIpc) is 2.00. The third-order valence-electron chi connectivity index (χ3n) is 2.33. The molecule has 0 aromatic heterocycles. The molecule has 0 rings (SSSR count). The van der Waals surface area contributed by atoms with Crippen molar-refractivity contribution >= 4 is 0 Å². The van der Waals surface area contributed by atoms with Gasteiger partial charge in [0, 0.05) is 5.41 Å². The Kier molecular flexibility index (Phi) is 4.80. The van der Waals surface area contributed by atoms with Gasteiger partial charge in [0.15, 0.2) is 0 Å². The summed E-state index contributed by atoms with van der Waals surface area (Å²) in [5, 5.41) is 18.6. The van der Waals surface area contributed by atoms with Crippen molar-refractivity contribution in [2.24, 2.45) is 11.3 Å². The molecule has 0 bridgehead atoms. The first kappa shape index (κ1) is 11.9. The van der Waals surface area contributed by atoms with Crippen LogP contribution in [-0.4, -0.2) is 22.9 Å². The fraction of sp³-hybridized carbons (Fsp3) is 1.00. The maximum Gasteiger partial charge on any atom is 0.0613 e. The van der Waals surface area contributed by atoms with Crippen molar-refractivity contribution < 1.29 is 10.2 Å². The summed E-state index contributed by atoms with van der Waals surface area (Å²) in [6.45, 7) is 8.10. The molecule has 0 heterocycles. The van der Waals surface area contributed by atoms with Gasteiger partial charge in [-0.25, -0.2) is 0 Å². The Labute approximate surface area is 75.6 Å². The van der Waals surface area contributed by atoms with E-state index in [9.17, 15) is 5.11 Å². The summed E-state index contributed by atoms with van der Waals surface area (Å²) in [4.78, 5) is 0. The minimum atomic E-state index is -0.384. The summed E-state index contributed by atoms with van der Waals surface area (Å²) >= 11 is 0. The first-order valence-electron chi connectivity index (χ1n) is 4.69. The van der Waals surface area contributed by atoms with Gasteiger partial charge < -0.3 is 10.2 Å². The minimum Gasteiger partial charge on any atom is -0.396 e. The quantitative estimate of drug-likeness (QED) is 0.667. The van der Waals surface area contributed by atoms with E-state index in [1.807, 2.05) is 13.8 Å². The van der Waals surface area contributed by atoms with Crippen molar-refractivity contribution in [1.82, 2.24) is 0 Å². The first-order valence-corrected chi connectivity index (χ1v) is 4.69. The Bertz CT molecular complexity index is 119. The Morgan fingerprint density at radius 1 is 1.17 bits per heavy atom. The Morgan fingerprint density at radius 3 is 2.00 bits per heavy atom. The fourth-order valence-electron chi connectivity index (χ4n) is 0.987. The SMILES string of the molecule is CC(C)CCC(O)C(C)(C)CO. The third-order valence-corrected chi connectivity index (χ3v) is 2.33. The molecule has 12 heavy (non-hydrogen) atoms. The highest BCUT2D eigenvalue weighted by atomic mass is 16.3. The second kappa shape index (κ2) is 4.83. The molecule has 0 aromatic rings. The van der Waals surface area contributed by atoms with Gasteiger partial charge >= 0.3 is 0 Å². The lowest BCUT2D eigenvalue weighted by molar-refractivity contribution is -0.0000229. The fourth-order valence-corrected chi connectivity index (χ4v) is 0.987. The Balaban J connectivity index is 3.78. The topological polar surface area (TPSA) is 40.5 Å². The number of hydrogen-bond donors (Lipinski definition) is 2. The van der Waals surface area contributed by atoms with E-state index in [1.165, 1.54) is 0 Å². The normalized spacial score (nSPS) is 15.2. The summed E-state index contributed by atoms with van der Waals surface area (Å²) in [7, 11) is 0. The van der Waals surface area contributed by atoms with Gasteiger partial charge in [0.05, 0.1) is 12.7 Å². The van der Waals surface area contributed by atoms with Crippen molar-refractivity contribution in [1.29, 1.82) is 0 Å². The lowest BCUT2D eigenvalue weighted by Crippen LogP contribution is -2.32. The molecule has 74 valence electrons. The van der Waals surface area contributed by atoms with Crippen LogP contribution in [0.4, 0.5) is 0 Å². The van der Waals surface area contributed by atoms with Crippen molar-refractivity contribution in [2.75, 3.05) is 6.61 Å². The smallest absolute Gasteiger partial charge is 0.0613 e. The van der Waals surface area contributed by atoms with Crippen molar-refractivity contribution in [3.8, 4) is 0 Å². The van der Waals surface area contributed by atoms with E-state index in [0.717, 1.165) is 12.8 Å². The molecule has 1 atom stereocenters. The molecule has 0 radical (unpaired) electrons. The average molecular weight is 174 g/mol. The zero-order valence-corrected chi connectivity index (χ0v) is 8.67. The summed E-state index contributed by atoms with van der Waals surface area (Å²) in [5.41, 5.74) is -0.352. The van der Waals surface area contributed by atoms with E-state index in [2.05, 4.69) is 13.8 Å². The molecule has 0 saturated carbocycles. The van der Waals surface area contributed by atoms with Crippen LogP contribution < -0.4 is 0 Å². The largest absolute Gasteiger partial charge is 0.396 e. The number of aliphatic hydroxyl groups excluding tert-OH is 2. The van der Waals surface area contributed by atoms with Gasteiger partial charge in [0.2, 0.25) is 0 Å². The third kappa shape index (κ3) is 4.07. The standard InChI is InChI=1S/C10H22O2/c1-8(2)5-6-9(12)10(3,4)7-11/h8-9,11-12H,5-7H2,1-4H3. The van der Waals surface area contributed by atoms with Gasteiger partial charge in [-0.15, -0.1) is 0 Å². The molecule has 0 aliphatic heterocycles. The number of rotatable bonds is 5. The maximum atomic E-state index is 9.67. The zero-order chi connectivity index (χ0) is 9.78. The van der Waals surface area contributed by atoms with Crippen LogP contribution in [0.25, 0.3) is 0 Å². The summed E-state index contributed by atoms with van der Waals surface area (Å²) in [5.74, 6) is 0.620. The molecule has 0 fully saturated rings. The predicted octanol–water partition coefficient (Wildman–Crippen LogP) is 1.80. The zero-order valence-electron chi connectivity index (χ0n) is 8.67. The minimum absolute atomic E-state index is 0.0479. The van der Waals surface area contributed by atoms with Crippen LogP contribution in [0.5, 0.6) is 0 Å². The van der Waals surface area contributed by atoms with Crippen molar-refractivity contribution in [2.45, 2.75) is 46.6 Å². The van der Waals surface area contributed by atoms with Crippen LogP contribution >= 0.6 is 0 Å². The van der Waals surface area contributed by atoms with Crippen LogP contribution in [-0.2, 0) is 0 Å². The second-order valence-corrected chi connectivity index (χ2v) is 4.63. The van der Waals surface area contributed by atoms with Gasteiger partial charge in [0.1, 0.15) is 0 Å². The second-order valence-electron chi connectivity index (χ2n) is 4.63. The van der Waals surface area contributed by atoms with E-state index in [1.54, 1.807) is 0 Å². The van der Waals surface area contributed by atoms with Crippen molar-refractivity contribution in [3.05, 3.63) is 0 Å². The van der Waals surface area contributed by atoms with E-state index < -0.39 is 0 Å². The number of hydrogen-bond acceptors (Lipinski definition) is 2. The highest BCUT2D eigenvalue weighted by Crippen LogP contribution is 2.24. The maximum absolute atomic E-state index is 9.67. The molecule has 2 N–H and O–H groups in total. The summed E-state index contributed by atoms with van der Waals surface area (Å²) in [6.07, 6.45) is 1.42. The van der Waals surface area contributed by atoms with Crippen LogP contribution in [0.1, 0.15) is 40.5 Å². The van der Waals surface area contributed by atoms with Gasteiger partial charge in [0.25, 0.3) is 0 Å². The van der Waals surface area contributed by atoms with Gasteiger partial charge in [-0.05, 0) is 18.8 Å². The molecule has 1 unspecified atom stereocenters. The molecule has 0 aromatic carbocycles. The molecule has 0 saturated heterocycles. The van der Waals surface area contributed by atoms with Crippen LogP contribution in [0, 0.1) is 11.3 Å². The van der Waals surface area contributed by atoms with E-state index >= 15 is 0 Å². The number of aliphatic hydroxyl groups is 2. The van der Waals surface area contributed by atoms with Gasteiger partial charge in [-0.3, -0.25) is 0 Å². The molecule has 0 aliphatic carbocycles. The van der Waals surface area contributed by atoms with E-state index in [0.29, 0.717) is 5.92 Å². The summed E-state index contributed by atoms with van der Waals surface area (Å²) < 4.78 is 0. The molecule has 0 aliphatic rings. The van der Waals surface area contributed by atoms with Gasteiger partial charge in [-0.2, -0.15) is 0 Å².